The predicted octanol–water partition coefficient (Wildman–Crippen LogP) is 2.47. The average Bonchev–Trinajstić information content (AvgIpc) is 3.46. The van der Waals surface area contributed by atoms with Crippen molar-refractivity contribution in [3.63, 3.8) is 0 Å². The number of methoxy groups -OCH3 is 1. The predicted molar refractivity (Wildman–Crippen MR) is 133 cm³/mol. The number of aliphatic hydroxyl groups excluding tert-OH is 1. The van der Waals surface area contributed by atoms with Crippen LogP contribution in [0.3, 0.4) is 0 Å². The van der Waals surface area contributed by atoms with Crippen molar-refractivity contribution in [3.8, 4) is 17.1 Å². The number of carbonyl (C=O) groups excluding carboxylic acids is 1. The van der Waals surface area contributed by atoms with E-state index in [0.717, 1.165) is 0 Å². The maximum atomic E-state index is 15.1. The van der Waals surface area contributed by atoms with E-state index in [0.29, 0.717) is 17.5 Å². The monoisotopic (exact) mass is 509 g/mol. The number of hydrogen-bond donors (Lipinski definition) is 3. The number of nitrogens with two attached hydrogens (primary N) is 1. The number of amides is 1. The molecule has 0 spiro atoms. The lowest BCUT2D eigenvalue weighted by atomic mass is 10.1. The Bertz CT molecular complexity index is 1490. The standard InChI is InChI=1S/C25H25F2N7O3/c1-33-22-15(11-30-33)23(34-12-14(35)8-13(34)10-28)19(9-17(22)27)32-25(36)18-6-7-29-24(31-18)21-16(26)4-3-5-20(21)37-2/h3-7,9,11,13-14,35H,8,10,12,28H2,1-2H3,(H,32,36)/t13-,14-/m0/s1. The van der Waals surface area contributed by atoms with Crippen LogP contribution in [-0.2, 0) is 7.05 Å². The Morgan fingerprint density at radius 3 is 2.86 bits per heavy atom. The van der Waals surface area contributed by atoms with Crippen molar-refractivity contribution in [1.29, 1.82) is 0 Å². The number of rotatable bonds is 6. The maximum absolute atomic E-state index is 15.1. The molecule has 5 rings (SSSR count). The van der Waals surface area contributed by atoms with Gasteiger partial charge in [-0.2, -0.15) is 5.10 Å². The third-order valence-corrected chi connectivity index (χ3v) is 6.45. The van der Waals surface area contributed by atoms with Crippen LogP contribution in [0.25, 0.3) is 22.3 Å². The largest absolute Gasteiger partial charge is 0.496 e. The number of β-amino-alcohol motifs (C(OH)–C–C–N with tert-alkyl or cyclic N) is 1. The SMILES string of the molecule is COc1cccc(F)c1-c1nccc(C(=O)Nc2cc(F)c3c(cnn3C)c2N2C[C@@H](O)C[C@H]2CN)n1. The zero-order valence-electron chi connectivity index (χ0n) is 20.2. The Morgan fingerprint density at radius 2 is 2.11 bits per heavy atom. The third-order valence-electron chi connectivity index (χ3n) is 6.45. The van der Waals surface area contributed by atoms with Gasteiger partial charge in [-0.15, -0.1) is 0 Å². The number of hydrogen-bond acceptors (Lipinski definition) is 8. The van der Waals surface area contributed by atoms with E-state index in [-0.39, 0.29) is 53.2 Å². The van der Waals surface area contributed by atoms with E-state index in [1.807, 2.05) is 4.90 Å². The number of fused-ring (bicyclic) bond motifs is 1. The number of halogens is 2. The molecular weight excluding hydrogens is 484 g/mol. The van der Waals surface area contributed by atoms with E-state index in [1.54, 1.807) is 13.1 Å². The minimum atomic E-state index is -0.660. The second-order valence-corrected chi connectivity index (χ2v) is 8.75. The van der Waals surface area contributed by atoms with Crippen LogP contribution >= 0.6 is 0 Å². The van der Waals surface area contributed by atoms with Crippen LogP contribution in [0.15, 0.2) is 42.7 Å². The molecule has 1 aliphatic heterocycles. The highest BCUT2D eigenvalue weighted by atomic mass is 19.1. The molecule has 0 radical (unpaired) electrons. The minimum absolute atomic E-state index is 0.0139. The number of aryl methyl sites for hydroxylation is 1. The molecule has 4 N–H and O–H groups in total. The molecule has 2 aromatic carbocycles. The van der Waals surface area contributed by atoms with E-state index in [2.05, 4.69) is 20.4 Å². The van der Waals surface area contributed by atoms with Gasteiger partial charge in [0.05, 0.1) is 36.3 Å². The Hall–Kier alpha value is -4.16. The van der Waals surface area contributed by atoms with Gasteiger partial charge in [-0.25, -0.2) is 18.7 Å². The van der Waals surface area contributed by atoms with E-state index < -0.39 is 23.6 Å². The molecule has 1 fully saturated rings. The average molecular weight is 510 g/mol. The summed E-state index contributed by atoms with van der Waals surface area (Å²) in [6, 6.07) is 6.64. The number of aliphatic hydroxyl groups is 1. The van der Waals surface area contributed by atoms with E-state index >= 15 is 4.39 Å². The highest BCUT2D eigenvalue weighted by molar-refractivity contribution is 6.09. The quantitative estimate of drug-likeness (QED) is 0.361. The van der Waals surface area contributed by atoms with Crippen molar-refractivity contribution in [3.05, 3.63) is 60.1 Å². The van der Waals surface area contributed by atoms with Gasteiger partial charge in [0, 0.05) is 43.8 Å². The van der Waals surface area contributed by atoms with Crippen LogP contribution in [0.1, 0.15) is 16.9 Å². The number of anilines is 2. The summed E-state index contributed by atoms with van der Waals surface area (Å²) in [6.45, 7) is 0.508. The van der Waals surface area contributed by atoms with Crippen molar-refractivity contribution in [1.82, 2.24) is 19.7 Å². The van der Waals surface area contributed by atoms with Crippen LogP contribution in [0.5, 0.6) is 5.75 Å². The number of nitrogens with zero attached hydrogens (tertiary/aromatic N) is 5. The first-order valence-electron chi connectivity index (χ1n) is 11.6. The summed E-state index contributed by atoms with van der Waals surface area (Å²) in [5, 5.41) is 17.7. The number of ether oxygens (including phenoxy) is 1. The molecule has 0 bridgehead atoms. The number of nitrogens with one attached hydrogen (secondary N) is 1. The van der Waals surface area contributed by atoms with Gasteiger partial charge in [0.15, 0.2) is 11.6 Å². The summed E-state index contributed by atoms with van der Waals surface area (Å²) in [5.74, 6) is -1.68. The molecule has 1 saturated heterocycles. The van der Waals surface area contributed by atoms with Crippen LogP contribution in [0.2, 0.25) is 0 Å². The van der Waals surface area contributed by atoms with Gasteiger partial charge in [0.2, 0.25) is 0 Å². The molecule has 1 amide bonds. The summed E-state index contributed by atoms with van der Waals surface area (Å²) < 4.78 is 36.4. The fraction of sp³-hybridized carbons (Fsp3) is 0.280. The molecule has 0 aliphatic carbocycles. The molecule has 12 heteroatoms. The van der Waals surface area contributed by atoms with Crippen molar-refractivity contribution in [2.75, 3.05) is 30.4 Å². The second-order valence-electron chi connectivity index (χ2n) is 8.75. The molecule has 2 atom stereocenters. The summed E-state index contributed by atoms with van der Waals surface area (Å²) in [6.07, 6.45) is 2.64. The van der Waals surface area contributed by atoms with Gasteiger partial charge in [0.1, 0.15) is 22.8 Å². The van der Waals surface area contributed by atoms with E-state index in [4.69, 9.17) is 10.5 Å². The lowest BCUT2D eigenvalue weighted by Crippen LogP contribution is -2.36. The summed E-state index contributed by atoms with van der Waals surface area (Å²) in [5.41, 5.74) is 6.82. The van der Waals surface area contributed by atoms with Crippen LogP contribution in [-0.4, -0.2) is 63.1 Å². The van der Waals surface area contributed by atoms with Crippen LogP contribution in [0.4, 0.5) is 20.2 Å². The first kappa shape index (κ1) is 24.5. The van der Waals surface area contributed by atoms with E-state index in [9.17, 15) is 14.3 Å². The molecule has 0 unspecified atom stereocenters. The van der Waals surface area contributed by atoms with Gasteiger partial charge in [-0.1, -0.05) is 6.07 Å². The van der Waals surface area contributed by atoms with Crippen molar-refractivity contribution >= 4 is 28.2 Å². The fourth-order valence-corrected chi connectivity index (χ4v) is 4.78. The Morgan fingerprint density at radius 1 is 1.30 bits per heavy atom. The smallest absolute Gasteiger partial charge is 0.274 e. The normalized spacial score (nSPS) is 17.4. The first-order chi connectivity index (χ1) is 17.8. The maximum Gasteiger partial charge on any atom is 0.274 e. The highest BCUT2D eigenvalue weighted by Gasteiger charge is 2.34. The Labute approximate surface area is 210 Å². The van der Waals surface area contributed by atoms with Gasteiger partial charge in [-0.3, -0.25) is 9.48 Å². The minimum Gasteiger partial charge on any atom is -0.496 e. The topological polar surface area (TPSA) is 131 Å². The molecule has 2 aromatic heterocycles. The zero-order chi connectivity index (χ0) is 26.3. The molecule has 10 nitrogen and oxygen atoms in total. The lowest BCUT2D eigenvalue weighted by molar-refractivity contribution is 0.102. The fourth-order valence-electron chi connectivity index (χ4n) is 4.78. The van der Waals surface area contributed by atoms with Crippen molar-refractivity contribution < 1.29 is 23.4 Å². The molecule has 1 aliphatic rings. The lowest BCUT2D eigenvalue weighted by Gasteiger charge is -2.28. The van der Waals surface area contributed by atoms with Gasteiger partial charge in [0.25, 0.3) is 5.91 Å². The molecule has 3 heterocycles. The van der Waals surface area contributed by atoms with Crippen LogP contribution in [0, 0.1) is 11.6 Å². The summed E-state index contributed by atoms with van der Waals surface area (Å²) >= 11 is 0. The molecule has 192 valence electrons. The van der Waals surface area contributed by atoms with E-state index in [1.165, 1.54) is 48.5 Å². The third kappa shape index (κ3) is 4.34. The van der Waals surface area contributed by atoms with Gasteiger partial charge < -0.3 is 25.8 Å². The van der Waals surface area contributed by atoms with Crippen molar-refractivity contribution in [2.24, 2.45) is 12.8 Å². The molecular formula is C25H25F2N7O3. The summed E-state index contributed by atoms with van der Waals surface area (Å²) in [7, 11) is 3.01. The number of benzene rings is 2. The Kier molecular flexibility index (Phi) is 6.44. The van der Waals surface area contributed by atoms with Gasteiger partial charge in [-0.05, 0) is 24.6 Å². The molecule has 0 saturated carbocycles. The van der Waals surface area contributed by atoms with Gasteiger partial charge >= 0.3 is 0 Å². The molecule has 37 heavy (non-hydrogen) atoms. The highest BCUT2D eigenvalue weighted by Crippen LogP contribution is 2.40. The van der Waals surface area contributed by atoms with Crippen molar-refractivity contribution in [2.45, 2.75) is 18.6 Å². The zero-order valence-corrected chi connectivity index (χ0v) is 20.2. The molecule has 4 aromatic rings. The van der Waals surface area contributed by atoms with Crippen LogP contribution < -0.4 is 20.7 Å². The Balaban J connectivity index is 1.57. The summed E-state index contributed by atoms with van der Waals surface area (Å²) in [4.78, 5) is 23.5. The second kappa shape index (κ2) is 9.71. The number of carbonyl (C=O) groups is 1. The first-order valence-corrected chi connectivity index (χ1v) is 11.6. The number of aromatic nitrogens is 4.